The van der Waals surface area contributed by atoms with Crippen LogP contribution in [0.25, 0.3) is 0 Å². The Bertz CT molecular complexity index is 705. The van der Waals surface area contributed by atoms with Crippen molar-refractivity contribution in [1.29, 1.82) is 0 Å². The molecule has 1 spiro atoms. The Morgan fingerprint density at radius 1 is 1.29 bits per heavy atom. The summed E-state index contributed by atoms with van der Waals surface area (Å²) in [5.41, 5.74) is 4.44. The van der Waals surface area contributed by atoms with Gasteiger partial charge in [0.2, 0.25) is 0 Å². The van der Waals surface area contributed by atoms with Gasteiger partial charge in [-0.1, -0.05) is 20.3 Å². The second kappa shape index (κ2) is 8.91. The molecule has 3 aliphatic rings. The first-order valence-corrected chi connectivity index (χ1v) is 11.0. The van der Waals surface area contributed by atoms with E-state index in [4.69, 9.17) is 14.5 Å². The van der Waals surface area contributed by atoms with Crippen LogP contribution >= 0.6 is 0 Å². The molecule has 1 aliphatic heterocycles. The first-order chi connectivity index (χ1) is 13.5. The van der Waals surface area contributed by atoms with Crippen LogP contribution in [0.5, 0.6) is 0 Å². The number of hydrogen-bond donors (Lipinski definition) is 1. The molecular weight excluding hydrogens is 354 g/mol. The average molecular weight is 390 g/mol. The van der Waals surface area contributed by atoms with Crippen molar-refractivity contribution >= 4 is 5.97 Å². The fourth-order valence-electron chi connectivity index (χ4n) is 5.11. The predicted octanol–water partition coefficient (Wildman–Crippen LogP) is 4.64. The summed E-state index contributed by atoms with van der Waals surface area (Å²) in [4.78, 5) is 17.8. The van der Waals surface area contributed by atoms with Crippen LogP contribution in [0.1, 0.15) is 104 Å². The molecule has 28 heavy (non-hydrogen) atoms. The Morgan fingerprint density at radius 3 is 2.54 bits per heavy atom. The molecule has 2 heterocycles. The van der Waals surface area contributed by atoms with Gasteiger partial charge in [-0.2, -0.15) is 0 Å². The summed E-state index contributed by atoms with van der Waals surface area (Å²) in [6, 6.07) is 0. The molecular formula is C23H35NO4. The maximum atomic E-state index is 12.7. The van der Waals surface area contributed by atoms with E-state index < -0.39 is 6.10 Å². The van der Waals surface area contributed by atoms with Gasteiger partial charge in [0.15, 0.2) is 0 Å². The summed E-state index contributed by atoms with van der Waals surface area (Å²) in [6.45, 7) is 9.53. The van der Waals surface area contributed by atoms with Gasteiger partial charge in [0.05, 0.1) is 24.0 Å². The van der Waals surface area contributed by atoms with Crippen molar-refractivity contribution in [3.05, 3.63) is 28.1 Å². The third-order valence-electron chi connectivity index (χ3n) is 6.61. The summed E-state index contributed by atoms with van der Waals surface area (Å²) >= 11 is 0. The number of fused-ring (bicyclic) bond motifs is 1. The molecule has 0 radical (unpaired) electrons. The topological polar surface area (TPSA) is 68.7 Å². The molecule has 0 bridgehead atoms. The summed E-state index contributed by atoms with van der Waals surface area (Å²) in [5, 5.41) is 10.9. The highest BCUT2D eigenvalue weighted by molar-refractivity contribution is 5.93. The number of aromatic nitrogens is 1. The molecule has 0 amide bonds. The van der Waals surface area contributed by atoms with E-state index in [1.807, 2.05) is 27.7 Å². The zero-order valence-corrected chi connectivity index (χ0v) is 17.8. The summed E-state index contributed by atoms with van der Waals surface area (Å²) in [7, 11) is 0. The van der Waals surface area contributed by atoms with Gasteiger partial charge >= 0.3 is 5.97 Å². The molecule has 1 saturated carbocycles. The van der Waals surface area contributed by atoms with Crippen LogP contribution in [0.3, 0.4) is 0 Å². The SMILES string of the molecule is CC.CCOC(=O)c1c(C2CCOCC2)nc2c(c1C)C(O)CC1(CCC1)C2. The average Bonchev–Trinajstić information content (AvgIpc) is 2.68. The highest BCUT2D eigenvalue weighted by Crippen LogP contribution is 2.54. The second-order valence-corrected chi connectivity index (χ2v) is 8.21. The molecule has 1 atom stereocenters. The summed E-state index contributed by atoms with van der Waals surface area (Å²) in [6.07, 6.45) is 6.56. The van der Waals surface area contributed by atoms with E-state index in [1.54, 1.807) is 0 Å². The largest absolute Gasteiger partial charge is 0.462 e. The number of hydrogen-bond acceptors (Lipinski definition) is 5. The third-order valence-corrected chi connectivity index (χ3v) is 6.61. The fraction of sp³-hybridized carbons (Fsp3) is 0.739. The molecule has 1 unspecified atom stereocenters. The van der Waals surface area contributed by atoms with E-state index in [0.29, 0.717) is 25.4 Å². The summed E-state index contributed by atoms with van der Waals surface area (Å²) in [5.74, 6) is -0.0820. The molecule has 156 valence electrons. The molecule has 0 aromatic carbocycles. The standard InChI is InChI=1S/C21H29NO4.C2H6/c1-3-26-20(24)18-13(2)17-15(11-21(7-4-8-21)12-16(17)23)22-19(18)14-5-9-25-10-6-14;1-2/h14,16,23H,3-12H2,1-2H3;1-2H3. The molecule has 2 fully saturated rings. The smallest absolute Gasteiger partial charge is 0.340 e. The number of pyridine rings is 1. The van der Waals surface area contributed by atoms with Crippen LogP contribution in [0, 0.1) is 12.3 Å². The van der Waals surface area contributed by atoms with Crippen LogP contribution in [-0.2, 0) is 15.9 Å². The van der Waals surface area contributed by atoms with Crippen molar-refractivity contribution in [1.82, 2.24) is 4.98 Å². The van der Waals surface area contributed by atoms with Gasteiger partial charge in [-0.15, -0.1) is 0 Å². The lowest BCUT2D eigenvalue weighted by molar-refractivity contribution is 0.0236. The fourth-order valence-corrected chi connectivity index (χ4v) is 5.11. The molecule has 1 aromatic rings. The Labute approximate surface area is 168 Å². The van der Waals surface area contributed by atoms with Crippen molar-refractivity contribution in [3.8, 4) is 0 Å². The van der Waals surface area contributed by atoms with E-state index in [-0.39, 0.29) is 17.3 Å². The zero-order chi connectivity index (χ0) is 20.3. The molecule has 4 rings (SSSR count). The van der Waals surface area contributed by atoms with E-state index in [0.717, 1.165) is 48.2 Å². The Kier molecular flexibility index (Phi) is 6.77. The van der Waals surface area contributed by atoms with Crippen molar-refractivity contribution in [2.75, 3.05) is 19.8 Å². The van der Waals surface area contributed by atoms with Crippen molar-refractivity contribution < 1.29 is 19.4 Å². The van der Waals surface area contributed by atoms with Crippen LogP contribution < -0.4 is 0 Å². The predicted molar refractivity (Wildman–Crippen MR) is 109 cm³/mol. The van der Waals surface area contributed by atoms with E-state index in [9.17, 15) is 9.90 Å². The molecule has 5 nitrogen and oxygen atoms in total. The van der Waals surface area contributed by atoms with Gasteiger partial charge in [0, 0.05) is 30.4 Å². The van der Waals surface area contributed by atoms with Crippen LogP contribution in [0.4, 0.5) is 0 Å². The molecule has 1 saturated heterocycles. The van der Waals surface area contributed by atoms with Crippen molar-refractivity contribution in [2.45, 2.75) is 84.7 Å². The van der Waals surface area contributed by atoms with Gasteiger partial charge in [0.1, 0.15) is 0 Å². The molecule has 5 heteroatoms. The highest BCUT2D eigenvalue weighted by atomic mass is 16.5. The van der Waals surface area contributed by atoms with Gasteiger partial charge in [-0.05, 0) is 63.4 Å². The van der Waals surface area contributed by atoms with E-state index >= 15 is 0 Å². The number of rotatable bonds is 3. The summed E-state index contributed by atoms with van der Waals surface area (Å²) < 4.78 is 10.9. The van der Waals surface area contributed by atoms with E-state index in [2.05, 4.69) is 0 Å². The number of aliphatic hydroxyl groups is 1. The molecule has 1 aromatic heterocycles. The Balaban J connectivity index is 0.00000109. The highest BCUT2D eigenvalue weighted by Gasteiger charge is 2.45. The number of nitrogens with zero attached hydrogens (tertiary/aromatic N) is 1. The third kappa shape index (κ3) is 3.84. The number of esters is 1. The second-order valence-electron chi connectivity index (χ2n) is 8.21. The molecule has 1 N–H and O–H groups in total. The van der Waals surface area contributed by atoms with Crippen LogP contribution in [0.2, 0.25) is 0 Å². The zero-order valence-electron chi connectivity index (χ0n) is 17.8. The minimum absolute atomic E-state index is 0.226. The first-order valence-electron chi connectivity index (χ1n) is 11.0. The minimum atomic E-state index is -0.525. The number of carbonyl (C=O) groups excluding carboxylic acids is 1. The van der Waals surface area contributed by atoms with Gasteiger partial charge in [-0.25, -0.2) is 4.79 Å². The Hall–Kier alpha value is -1.46. The molecule has 2 aliphatic carbocycles. The number of aliphatic hydroxyl groups excluding tert-OH is 1. The van der Waals surface area contributed by atoms with Gasteiger partial charge < -0.3 is 14.6 Å². The first kappa shape index (κ1) is 21.3. The monoisotopic (exact) mass is 389 g/mol. The maximum Gasteiger partial charge on any atom is 0.340 e. The van der Waals surface area contributed by atoms with Crippen molar-refractivity contribution in [2.24, 2.45) is 5.41 Å². The van der Waals surface area contributed by atoms with Crippen molar-refractivity contribution in [3.63, 3.8) is 0 Å². The lowest BCUT2D eigenvalue weighted by Crippen LogP contribution is -2.38. The Morgan fingerprint density at radius 2 is 1.96 bits per heavy atom. The van der Waals surface area contributed by atoms with Crippen LogP contribution in [-0.4, -0.2) is 35.9 Å². The number of ether oxygens (including phenoxy) is 2. The lowest BCUT2D eigenvalue weighted by Gasteiger charge is -2.47. The van der Waals surface area contributed by atoms with Gasteiger partial charge in [0.25, 0.3) is 0 Å². The maximum absolute atomic E-state index is 12.7. The lowest BCUT2D eigenvalue weighted by atomic mass is 9.59. The van der Waals surface area contributed by atoms with Gasteiger partial charge in [-0.3, -0.25) is 4.98 Å². The number of carbonyl (C=O) groups is 1. The normalized spacial score (nSPS) is 23.2. The van der Waals surface area contributed by atoms with Crippen LogP contribution in [0.15, 0.2) is 0 Å². The quantitative estimate of drug-likeness (QED) is 0.763. The van der Waals surface area contributed by atoms with E-state index in [1.165, 1.54) is 19.3 Å². The minimum Gasteiger partial charge on any atom is -0.462 e.